The maximum absolute atomic E-state index is 12.8. The minimum Gasteiger partial charge on any atom is -0.497 e. The summed E-state index contributed by atoms with van der Waals surface area (Å²) in [6.07, 6.45) is 0. The predicted octanol–water partition coefficient (Wildman–Crippen LogP) is 3.69. The molecule has 3 aromatic rings. The van der Waals surface area contributed by atoms with E-state index in [1.807, 2.05) is 0 Å². The van der Waals surface area contributed by atoms with Crippen LogP contribution in [0.1, 0.15) is 20.9 Å². The minimum absolute atomic E-state index is 0.0654. The number of rotatable bonds is 3. The van der Waals surface area contributed by atoms with Crippen LogP contribution in [-0.4, -0.2) is 54.9 Å². The van der Waals surface area contributed by atoms with Gasteiger partial charge in [-0.1, -0.05) is 17.7 Å². The number of methoxy groups -OCH3 is 1. The Bertz CT molecular complexity index is 1040. The molecule has 1 aromatic heterocycles. The third-order valence-electron chi connectivity index (χ3n) is 4.86. The lowest BCUT2D eigenvalue weighted by molar-refractivity contribution is 0.0519. The number of hydrogen-bond acceptors (Lipinski definition) is 4. The second-order valence-electron chi connectivity index (χ2n) is 6.61. The molecule has 2 aromatic carbocycles. The van der Waals surface area contributed by atoms with Crippen LogP contribution in [0.3, 0.4) is 0 Å². The highest BCUT2D eigenvalue weighted by Crippen LogP contribution is 2.24. The summed E-state index contributed by atoms with van der Waals surface area (Å²) in [5, 5.41) is 1.39. The Morgan fingerprint density at radius 2 is 1.68 bits per heavy atom. The molecule has 0 spiro atoms. The Hall–Kier alpha value is -2.99. The molecule has 28 heavy (non-hydrogen) atoms. The predicted molar refractivity (Wildman–Crippen MR) is 106 cm³/mol. The fraction of sp³-hybridized carbons (Fsp3) is 0.238. The standard InChI is InChI=1S/C21H19ClN2O4/c1-27-17-4-2-3-14(12-17)20(25)23-7-9-24(10-8-23)21(26)19-13-15-11-16(22)5-6-18(15)28-19/h2-6,11-13H,7-10H2,1H3. The molecule has 144 valence electrons. The van der Waals surface area contributed by atoms with Crippen LogP contribution in [0.2, 0.25) is 5.02 Å². The average Bonchev–Trinajstić information content (AvgIpc) is 3.16. The SMILES string of the molecule is COc1cccc(C(=O)N2CCN(C(=O)c3cc4cc(Cl)ccc4o3)CC2)c1. The van der Waals surface area contributed by atoms with Crippen molar-refractivity contribution in [1.29, 1.82) is 0 Å². The first-order valence-corrected chi connectivity index (χ1v) is 9.34. The number of fused-ring (bicyclic) bond motifs is 1. The summed E-state index contributed by atoms with van der Waals surface area (Å²) in [7, 11) is 1.57. The van der Waals surface area contributed by atoms with Crippen molar-refractivity contribution in [2.75, 3.05) is 33.3 Å². The van der Waals surface area contributed by atoms with E-state index in [2.05, 4.69) is 0 Å². The van der Waals surface area contributed by atoms with Crippen LogP contribution >= 0.6 is 11.6 Å². The highest BCUT2D eigenvalue weighted by atomic mass is 35.5. The minimum atomic E-state index is -0.180. The number of amides is 2. The maximum Gasteiger partial charge on any atom is 0.289 e. The van der Waals surface area contributed by atoms with Gasteiger partial charge in [0.05, 0.1) is 7.11 Å². The molecule has 6 nitrogen and oxygen atoms in total. The zero-order valence-corrected chi connectivity index (χ0v) is 16.1. The lowest BCUT2D eigenvalue weighted by atomic mass is 10.1. The average molecular weight is 399 g/mol. The molecular formula is C21H19ClN2O4. The molecule has 1 saturated heterocycles. The largest absolute Gasteiger partial charge is 0.497 e. The Kier molecular flexibility index (Phi) is 4.96. The van der Waals surface area contributed by atoms with E-state index in [-0.39, 0.29) is 17.6 Å². The second kappa shape index (κ2) is 7.56. The molecule has 0 bridgehead atoms. The molecule has 0 radical (unpaired) electrons. The Labute approximate surface area is 167 Å². The van der Waals surface area contributed by atoms with Crippen LogP contribution in [0.15, 0.2) is 52.9 Å². The van der Waals surface area contributed by atoms with E-state index < -0.39 is 0 Å². The van der Waals surface area contributed by atoms with Gasteiger partial charge in [-0.2, -0.15) is 0 Å². The van der Waals surface area contributed by atoms with Crippen molar-refractivity contribution in [3.63, 3.8) is 0 Å². The van der Waals surface area contributed by atoms with Gasteiger partial charge < -0.3 is 19.0 Å². The van der Waals surface area contributed by atoms with E-state index >= 15 is 0 Å². The Morgan fingerprint density at radius 3 is 2.39 bits per heavy atom. The molecular weight excluding hydrogens is 380 g/mol. The zero-order valence-electron chi connectivity index (χ0n) is 15.4. The van der Waals surface area contributed by atoms with Crippen molar-refractivity contribution in [3.8, 4) is 5.75 Å². The van der Waals surface area contributed by atoms with Gasteiger partial charge in [0.25, 0.3) is 11.8 Å². The highest BCUT2D eigenvalue weighted by Gasteiger charge is 2.27. The first kappa shape index (κ1) is 18.4. The fourth-order valence-corrected chi connectivity index (χ4v) is 3.51. The van der Waals surface area contributed by atoms with Gasteiger partial charge in [-0.3, -0.25) is 9.59 Å². The number of piperazine rings is 1. The smallest absolute Gasteiger partial charge is 0.289 e. The van der Waals surface area contributed by atoms with Crippen LogP contribution in [-0.2, 0) is 0 Å². The Morgan fingerprint density at radius 1 is 0.964 bits per heavy atom. The molecule has 2 heterocycles. The molecule has 0 aliphatic carbocycles. The second-order valence-corrected chi connectivity index (χ2v) is 7.05. The fourth-order valence-electron chi connectivity index (χ4n) is 3.33. The molecule has 0 atom stereocenters. The summed E-state index contributed by atoms with van der Waals surface area (Å²) >= 11 is 5.99. The van der Waals surface area contributed by atoms with Gasteiger partial charge in [-0.25, -0.2) is 0 Å². The number of benzene rings is 2. The van der Waals surface area contributed by atoms with E-state index in [1.54, 1.807) is 65.4 Å². The van der Waals surface area contributed by atoms with E-state index in [4.69, 9.17) is 20.8 Å². The third kappa shape index (κ3) is 3.55. The number of ether oxygens (including phenoxy) is 1. The number of furan rings is 1. The first-order chi connectivity index (χ1) is 13.5. The first-order valence-electron chi connectivity index (χ1n) is 8.97. The summed E-state index contributed by atoms with van der Waals surface area (Å²) in [5.74, 6) is 0.680. The van der Waals surface area contributed by atoms with Gasteiger partial charge in [0.1, 0.15) is 11.3 Å². The van der Waals surface area contributed by atoms with Crippen molar-refractivity contribution in [2.24, 2.45) is 0 Å². The number of carbonyl (C=O) groups excluding carboxylic acids is 2. The van der Waals surface area contributed by atoms with Crippen LogP contribution in [0.5, 0.6) is 5.75 Å². The number of nitrogens with zero attached hydrogens (tertiary/aromatic N) is 2. The summed E-state index contributed by atoms with van der Waals surface area (Å²) in [5.41, 5.74) is 1.20. The van der Waals surface area contributed by atoms with Crippen LogP contribution < -0.4 is 4.74 Å². The van der Waals surface area contributed by atoms with E-state index in [9.17, 15) is 9.59 Å². The van der Waals surface area contributed by atoms with Crippen LogP contribution in [0.4, 0.5) is 0 Å². The lowest BCUT2D eigenvalue weighted by Crippen LogP contribution is -2.50. The van der Waals surface area contributed by atoms with E-state index in [1.165, 1.54) is 0 Å². The molecule has 1 aliphatic rings. The lowest BCUT2D eigenvalue weighted by Gasteiger charge is -2.34. The quantitative estimate of drug-likeness (QED) is 0.675. The topological polar surface area (TPSA) is 63.0 Å². The molecule has 0 unspecified atom stereocenters. The molecule has 2 amide bonds. The zero-order chi connectivity index (χ0) is 19.7. The van der Waals surface area contributed by atoms with Crippen molar-refractivity contribution < 1.29 is 18.7 Å². The molecule has 0 N–H and O–H groups in total. The van der Waals surface area contributed by atoms with Gasteiger partial charge in [0.15, 0.2) is 5.76 Å². The molecule has 4 rings (SSSR count). The number of carbonyl (C=O) groups is 2. The molecule has 1 fully saturated rings. The number of hydrogen-bond donors (Lipinski definition) is 0. The van der Waals surface area contributed by atoms with Gasteiger partial charge >= 0.3 is 0 Å². The maximum atomic E-state index is 12.8. The van der Waals surface area contributed by atoms with Gasteiger partial charge in [0.2, 0.25) is 0 Å². The normalized spacial score (nSPS) is 14.4. The summed E-state index contributed by atoms with van der Waals surface area (Å²) < 4.78 is 10.8. The van der Waals surface area contributed by atoms with E-state index in [0.717, 1.165) is 5.39 Å². The van der Waals surface area contributed by atoms with Gasteiger partial charge in [-0.05, 0) is 42.5 Å². The number of halogens is 1. The van der Waals surface area contributed by atoms with Crippen molar-refractivity contribution >= 4 is 34.4 Å². The monoisotopic (exact) mass is 398 g/mol. The van der Waals surface area contributed by atoms with Crippen molar-refractivity contribution in [2.45, 2.75) is 0 Å². The molecule has 0 saturated carbocycles. The van der Waals surface area contributed by atoms with E-state index in [0.29, 0.717) is 48.1 Å². The van der Waals surface area contributed by atoms with Gasteiger partial charge in [0, 0.05) is 42.2 Å². The van der Waals surface area contributed by atoms with Crippen molar-refractivity contribution in [1.82, 2.24) is 9.80 Å². The van der Waals surface area contributed by atoms with Crippen molar-refractivity contribution in [3.05, 3.63) is 64.9 Å². The summed E-state index contributed by atoms with van der Waals surface area (Å²) in [4.78, 5) is 28.9. The summed E-state index contributed by atoms with van der Waals surface area (Å²) in [6, 6.07) is 14.0. The van der Waals surface area contributed by atoms with Crippen LogP contribution in [0.25, 0.3) is 11.0 Å². The van der Waals surface area contributed by atoms with Gasteiger partial charge in [-0.15, -0.1) is 0 Å². The highest BCUT2D eigenvalue weighted by molar-refractivity contribution is 6.31. The Balaban J connectivity index is 1.42. The molecule has 7 heteroatoms. The summed E-state index contributed by atoms with van der Waals surface area (Å²) in [6.45, 7) is 1.83. The third-order valence-corrected chi connectivity index (χ3v) is 5.10. The molecule has 1 aliphatic heterocycles. The van der Waals surface area contributed by atoms with Crippen LogP contribution in [0, 0.1) is 0 Å².